The number of hydrogen-bond donors (Lipinski definition) is 1. The number of carbonyl (C=O) groups excluding carboxylic acids is 1. The summed E-state index contributed by atoms with van der Waals surface area (Å²) in [5.74, 6) is 5.27. The van der Waals surface area contributed by atoms with Gasteiger partial charge in [0.2, 0.25) is 0 Å². The van der Waals surface area contributed by atoms with Gasteiger partial charge in [-0.15, -0.1) is 0 Å². The summed E-state index contributed by atoms with van der Waals surface area (Å²) in [5.41, 5.74) is 1.93. The number of aliphatic hydroxyl groups is 1. The zero-order valence-electron chi connectivity index (χ0n) is 11.0. The summed E-state index contributed by atoms with van der Waals surface area (Å²) in [4.78, 5) is 11.3. The predicted molar refractivity (Wildman–Crippen MR) is 76.1 cm³/mol. The molecule has 3 nitrogen and oxygen atoms in total. The van der Waals surface area contributed by atoms with Crippen molar-refractivity contribution in [2.24, 2.45) is 0 Å². The first kappa shape index (κ1) is 13.9. The number of hydrogen-bond acceptors (Lipinski definition) is 3. The largest absolute Gasteiger partial charge is 0.465 e. The van der Waals surface area contributed by atoms with Crippen LogP contribution in [0.15, 0.2) is 54.6 Å². The standard InChI is InChI=1S/C17H14O3/c1-20-17(19)15-10-8-14(9-11-15)16(18)12-7-13-5-3-2-4-6-13/h2-6,8-11,16,18H,1H3. The van der Waals surface area contributed by atoms with Gasteiger partial charge in [-0.3, -0.25) is 0 Å². The van der Waals surface area contributed by atoms with Gasteiger partial charge in [-0.25, -0.2) is 4.79 Å². The van der Waals surface area contributed by atoms with Gasteiger partial charge in [-0.1, -0.05) is 42.2 Å². The lowest BCUT2D eigenvalue weighted by Gasteiger charge is -2.04. The third kappa shape index (κ3) is 3.47. The highest BCUT2D eigenvalue weighted by atomic mass is 16.5. The van der Waals surface area contributed by atoms with Gasteiger partial charge in [0.25, 0.3) is 0 Å². The molecule has 0 aliphatic rings. The van der Waals surface area contributed by atoms with Crippen LogP contribution in [-0.4, -0.2) is 18.2 Å². The highest BCUT2D eigenvalue weighted by Crippen LogP contribution is 2.13. The third-order valence-electron chi connectivity index (χ3n) is 2.77. The van der Waals surface area contributed by atoms with E-state index in [1.54, 1.807) is 24.3 Å². The second-order valence-corrected chi connectivity index (χ2v) is 4.15. The zero-order chi connectivity index (χ0) is 14.4. The molecule has 2 aromatic carbocycles. The van der Waals surface area contributed by atoms with Gasteiger partial charge in [0.15, 0.2) is 0 Å². The molecule has 0 radical (unpaired) electrons. The molecule has 1 N–H and O–H groups in total. The van der Waals surface area contributed by atoms with E-state index in [4.69, 9.17) is 0 Å². The van der Waals surface area contributed by atoms with E-state index in [1.165, 1.54) is 7.11 Å². The van der Waals surface area contributed by atoms with Crippen molar-refractivity contribution in [3.05, 3.63) is 71.3 Å². The average molecular weight is 266 g/mol. The van der Waals surface area contributed by atoms with Gasteiger partial charge in [-0.05, 0) is 29.8 Å². The maximum Gasteiger partial charge on any atom is 0.337 e. The van der Waals surface area contributed by atoms with Crippen LogP contribution in [0.2, 0.25) is 0 Å². The van der Waals surface area contributed by atoms with Crippen molar-refractivity contribution >= 4 is 5.97 Å². The van der Waals surface area contributed by atoms with E-state index in [0.29, 0.717) is 11.1 Å². The van der Waals surface area contributed by atoms with E-state index in [1.807, 2.05) is 30.3 Å². The van der Waals surface area contributed by atoms with E-state index in [2.05, 4.69) is 16.6 Å². The van der Waals surface area contributed by atoms with Crippen molar-refractivity contribution in [3.63, 3.8) is 0 Å². The maximum atomic E-state index is 11.3. The Hall–Kier alpha value is -2.57. The average Bonchev–Trinajstić information content (AvgIpc) is 2.53. The Balaban J connectivity index is 2.12. The van der Waals surface area contributed by atoms with Crippen LogP contribution in [0.1, 0.15) is 27.6 Å². The van der Waals surface area contributed by atoms with Crippen LogP contribution >= 0.6 is 0 Å². The number of carbonyl (C=O) groups is 1. The molecule has 3 heteroatoms. The Morgan fingerprint density at radius 1 is 1.10 bits per heavy atom. The fourth-order valence-corrected chi connectivity index (χ4v) is 1.68. The fraction of sp³-hybridized carbons (Fsp3) is 0.118. The van der Waals surface area contributed by atoms with Crippen LogP contribution in [-0.2, 0) is 4.74 Å². The monoisotopic (exact) mass is 266 g/mol. The summed E-state index contributed by atoms with van der Waals surface area (Å²) in [5, 5.41) is 9.98. The summed E-state index contributed by atoms with van der Waals surface area (Å²) in [6.07, 6.45) is -0.887. The number of methoxy groups -OCH3 is 1. The molecule has 0 aliphatic heterocycles. The zero-order valence-corrected chi connectivity index (χ0v) is 11.0. The number of rotatable bonds is 2. The molecule has 0 aromatic heterocycles. The quantitative estimate of drug-likeness (QED) is 0.671. The van der Waals surface area contributed by atoms with Gasteiger partial charge >= 0.3 is 5.97 Å². The van der Waals surface area contributed by atoms with Crippen LogP contribution in [0.5, 0.6) is 0 Å². The van der Waals surface area contributed by atoms with E-state index >= 15 is 0 Å². The molecule has 0 saturated heterocycles. The highest BCUT2D eigenvalue weighted by Gasteiger charge is 2.07. The highest BCUT2D eigenvalue weighted by molar-refractivity contribution is 5.89. The van der Waals surface area contributed by atoms with Crippen LogP contribution in [0.3, 0.4) is 0 Å². The van der Waals surface area contributed by atoms with Crippen LogP contribution in [0.25, 0.3) is 0 Å². The molecule has 0 bridgehead atoms. The Morgan fingerprint density at radius 3 is 2.35 bits per heavy atom. The second kappa shape index (κ2) is 6.55. The molecule has 1 atom stereocenters. The van der Waals surface area contributed by atoms with E-state index in [0.717, 1.165) is 5.56 Å². The van der Waals surface area contributed by atoms with Crippen molar-refractivity contribution in [2.45, 2.75) is 6.10 Å². The van der Waals surface area contributed by atoms with Crippen molar-refractivity contribution in [3.8, 4) is 11.8 Å². The number of aliphatic hydroxyl groups excluding tert-OH is 1. The molecule has 2 aromatic rings. The molecule has 1 unspecified atom stereocenters. The van der Waals surface area contributed by atoms with E-state index in [9.17, 15) is 9.90 Å². The molecular weight excluding hydrogens is 252 g/mol. The van der Waals surface area contributed by atoms with Gasteiger partial charge in [0.1, 0.15) is 6.10 Å². The number of benzene rings is 2. The van der Waals surface area contributed by atoms with Gasteiger partial charge in [-0.2, -0.15) is 0 Å². The van der Waals surface area contributed by atoms with Crippen molar-refractivity contribution < 1.29 is 14.6 Å². The summed E-state index contributed by atoms with van der Waals surface area (Å²) in [6, 6.07) is 16.0. The summed E-state index contributed by atoms with van der Waals surface area (Å²) < 4.78 is 4.61. The first-order valence-corrected chi connectivity index (χ1v) is 6.13. The molecule has 0 amide bonds. The molecule has 2 rings (SSSR count). The minimum absolute atomic E-state index is 0.401. The Morgan fingerprint density at radius 2 is 1.75 bits per heavy atom. The van der Waals surface area contributed by atoms with Gasteiger partial charge in [0.05, 0.1) is 12.7 Å². The van der Waals surface area contributed by atoms with Gasteiger partial charge < -0.3 is 9.84 Å². The Labute approximate surface area is 117 Å². The van der Waals surface area contributed by atoms with Crippen LogP contribution in [0, 0.1) is 11.8 Å². The van der Waals surface area contributed by atoms with Crippen molar-refractivity contribution in [1.82, 2.24) is 0 Å². The molecule has 0 saturated carbocycles. The molecule has 100 valence electrons. The maximum absolute atomic E-state index is 11.3. The summed E-state index contributed by atoms with van der Waals surface area (Å²) >= 11 is 0. The van der Waals surface area contributed by atoms with Crippen LogP contribution in [0.4, 0.5) is 0 Å². The fourth-order valence-electron chi connectivity index (χ4n) is 1.68. The summed E-state index contributed by atoms with van der Waals surface area (Å²) in [7, 11) is 1.33. The lowest BCUT2D eigenvalue weighted by atomic mass is 10.1. The predicted octanol–water partition coefficient (Wildman–Crippen LogP) is 2.56. The van der Waals surface area contributed by atoms with Crippen molar-refractivity contribution in [2.75, 3.05) is 7.11 Å². The minimum atomic E-state index is -0.887. The molecule has 0 fully saturated rings. The SMILES string of the molecule is COC(=O)c1ccc(C(O)C#Cc2ccccc2)cc1. The van der Waals surface area contributed by atoms with E-state index in [-0.39, 0.29) is 0 Å². The smallest absolute Gasteiger partial charge is 0.337 e. The Kier molecular flexibility index (Phi) is 4.54. The summed E-state index contributed by atoms with van der Waals surface area (Å²) in [6.45, 7) is 0. The number of esters is 1. The van der Waals surface area contributed by atoms with Crippen molar-refractivity contribution in [1.29, 1.82) is 0 Å². The lowest BCUT2D eigenvalue weighted by molar-refractivity contribution is 0.0600. The first-order chi connectivity index (χ1) is 9.70. The molecule has 0 heterocycles. The molecule has 0 aliphatic carbocycles. The second-order valence-electron chi connectivity index (χ2n) is 4.15. The van der Waals surface area contributed by atoms with E-state index < -0.39 is 12.1 Å². The molecular formula is C17H14O3. The topological polar surface area (TPSA) is 46.5 Å². The first-order valence-electron chi connectivity index (χ1n) is 6.13. The van der Waals surface area contributed by atoms with Gasteiger partial charge in [0, 0.05) is 5.56 Å². The minimum Gasteiger partial charge on any atom is -0.465 e. The molecule has 0 spiro atoms. The number of ether oxygens (including phenoxy) is 1. The lowest BCUT2D eigenvalue weighted by Crippen LogP contribution is -2.02. The van der Waals surface area contributed by atoms with Crippen LogP contribution < -0.4 is 0 Å². The third-order valence-corrected chi connectivity index (χ3v) is 2.77. The molecule has 20 heavy (non-hydrogen) atoms. The normalized spacial score (nSPS) is 11.1. The Bertz CT molecular complexity index is 633.